The van der Waals surface area contributed by atoms with E-state index in [1.807, 2.05) is 6.07 Å². The van der Waals surface area contributed by atoms with E-state index in [2.05, 4.69) is 24.3 Å². The number of carbonyl (C=O) groups is 1. The number of halogens is 1. The van der Waals surface area contributed by atoms with E-state index >= 15 is 0 Å². The highest BCUT2D eigenvalue weighted by molar-refractivity contribution is 7.64. The number of benzene rings is 2. The Labute approximate surface area is 167 Å². The highest BCUT2D eigenvalue weighted by Crippen LogP contribution is 2.36. The van der Waals surface area contributed by atoms with Crippen LogP contribution in [0.2, 0.25) is 5.02 Å². The third-order valence-corrected chi connectivity index (χ3v) is 6.27. The zero-order chi connectivity index (χ0) is 19.5. The molecule has 0 amide bonds. The molecule has 2 aromatic carbocycles. The molecule has 2 rings (SSSR count). The van der Waals surface area contributed by atoms with Gasteiger partial charge in [0, 0.05) is 0 Å². The molecule has 0 heterocycles. The number of unbranched alkanes of at least 4 members (excludes halogenated alkanes) is 5. The normalized spacial score (nSPS) is 11.3. The van der Waals surface area contributed by atoms with E-state index in [0.29, 0.717) is 16.9 Å². The van der Waals surface area contributed by atoms with Crippen molar-refractivity contribution in [2.75, 3.05) is 13.3 Å². The lowest BCUT2D eigenvalue weighted by Crippen LogP contribution is -2.00. The molecule has 27 heavy (non-hydrogen) atoms. The minimum absolute atomic E-state index is 0.240. The molecule has 0 aliphatic heterocycles. The summed E-state index contributed by atoms with van der Waals surface area (Å²) < 4.78 is 17.5. The predicted octanol–water partition coefficient (Wildman–Crippen LogP) is 6.90. The van der Waals surface area contributed by atoms with Crippen molar-refractivity contribution in [2.45, 2.75) is 44.9 Å². The van der Waals surface area contributed by atoms with Gasteiger partial charge in [0.05, 0.1) is 12.1 Å². The van der Waals surface area contributed by atoms with Gasteiger partial charge in [0.15, 0.2) is 6.16 Å². The molecule has 0 fully saturated rings. The van der Waals surface area contributed by atoms with Crippen molar-refractivity contribution >= 4 is 24.9 Å². The van der Waals surface area contributed by atoms with E-state index in [-0.39, 0.29) is 5.56 Å². The first-order valence-corrected chi connectivity index (χ1v) is 11.3. The third-order valence-electron chi connectivity index (χ3n) is 4.56. The van der Waals surface area contributed by atoms with E-state index in [1.54, 1.807) is 18.2 Å². The molecular weight excluding hydrogens is 379 g/mol. The van der Waals surface area contributed by atoms with Crippen LogP contribution in [0.15, 0.2) is 48.5 Å². The molecule has 0 N–H and O–H groups in total. The average Bonchev–Trinajstić information content (AvgIpc) is 2.69. The number of aryl methyl sites for hydroxylation is 1. The second kappa shape index (κ2) is 11.9. The standard InChI is InChI=1S/C22H27ClO3P/c1-26-20-16-11-15-19(23)21(20)22(24)27(25)17-10-5-3-2-4-7-12-18-13-8-6-9-14-18/h6,8-9,11,13-16H,2-5,7,10,12,17H2,1H3/q+1. The molecule has 5 heteroatoms. The van der Waals surface area contributed by atoms with E-state index in [1.165, 1.54) is 31.9 Å². The smallest absolute Gasteiger partial charge is 0.420 e. The van der Waals surface area contributed by atoms with Crippen molar-refractivity contribution in [3.8, 4) is 5.75 Å². The van der Waals surface area contributed by atoms with Crippen molar-refractivity contribution in [1.29, 1.82) is 0 Å². The predicted molar refractivity (Wildman–Crippen MR) is 113 cm³/mol. The number of methoxy groups -OCH3 is 1. The summed E-state index contributed by atoms with van der Waals surface area (Å²) in [7, 11) is -0.488. The minimum Gasteiger partial charge on any atom is -0.496 e. The van der Waals surface area contributed by atoms with Gasteiger partial charge in [0.25, 0.3) is 0 Å². The first kappa shape index (κ1) is 21.6. The van der Waals surface area contributed by atoms with Crippen molar-refractivity contribution in [3.63, 3.8) is 0 Å². The molecule has 0 aliphatic rings. The Morgan fingerprint density at radius 3 is 2.30 bits per heavy atom. The van der Waals surface area contributed by atoms with Crippen LogP contribution in [0.4, 0.5) is 0 Å². The molecule has 0 aromatic heterocycles. The van der Waals surface area contributed by atoms with Crippen LogP contribution < -0.4 is 4.74 Å². The van der Waals surface area contributed by atoms with Crippen LogP contribution in [0, 0.1) is 0 Å². The second-order valence-electron chi connectivity index (χ2n) is 6.58. The largest absolute Gasteiger partial charge is 0.496 e. The highest BCUT2D eigenvalue weighted by atomic mass is 35.5. The quantitative estimate of drug-likeness (QED) is 0.285. The number of carbonyl (C=O) groups excluding carboxylic acids is 1. The van der Waals surface area contributed by atoms with Crippen molar-refractivity contribution in [2.24, 2.45) is 0 Å². The van der Waals surface area contributed by atoms with Gasteiger partial charge in [-0.05, 0) is 43.4 Å². The van der Waals surface area contributed by atoms with Gasteiger partial charge in [-0.1, -0.05) is 71.8 Å². The van der Waals surface area contributed by atoms with Gasteiger partial charge >= 0.3 is 13.3 Å². The van der Waals surface area contributed by atoms with E-state index in [4.69, 9.17) is 16.3 Å². The fourth-order valence-corrected chi connectivity index (χ4v) is 4.56. The summed E-state index contributed by atoms with van der Waals surface area (Å²) in [6.07, 6.45) is 8.02. The second-order valence-corrected chi connectivity index (χ2v) is 8.60. The van der Waals surface area contributed by atoms with E-state index in [0.717, 1.165) is 25.7 Å². The maximum absolute atomic E-state index is 12.4. The summed E-state index contributed by atoms with van der Waals surface area (Å²) in [6, 6.07) is 15.5. The van der Waals surface area contributed by atoms with Crippen LogP contribution >= 0.6 is 19.4 Å². The van der Waals surface area contributed by atoms with E-state index in [9.17, 15) is 9.36 Å². The zero-order valence-electron chi connectivity index (χ0n) is 15.8. The van der Waals surface area contributed by atoms with Gasteiger partial charge in [-0.25, -0.2) is 4.79 Å². The van der Waals surface area contributed by atoms with Gasteiger partial charge in [-0.2, -0.15) is 0 Å². The molecule has 0 radical (unpaired) electrons. The lowest BCUT2D eigenvalue weighted by Gasteiger charge is -2.04. The fraction of sp³-hybridized carbons (Fsp3) is 0.409. The molecule has 0 spiro atoms. The topological polar surface area (TPSA) is 43.4 Å². The maximum Gasteiger partial charge on any atom is 0.420 e. The van der Waals surface area contributed by atoms with E-state index < -0.39 is 13.3 Å². The highest BCUT2D eigenvalue weighted by Gasteiger charge is 2.33. The molecule has 2 aromatic rings. The van der Waals surface area contributed by atoms with Crippen LogP contribution in [-0.2, 0) is 11.0 Å². The Hall–Kier alpha value is -1.70. The Morgan fingerprint density at radius 1 is 0.926 bits per heavy atom. The summed E-state index contributed by atoms with van der Waals surface area (Å²) >= 11 is 6.09. The average molecular weight is 406 g/mol. The van der Waals surface area contributed by atoms with Gasteiger partial charge in [-0.15, -0.1) is 0 Å². The molecule has 1 unspecified atom stereocenters. The molecule has 0 bridgehead atoms. The van der Waals surface area contributed by atoms with Crippen LogP contribution in [0.25, 0.3) is 0 Å². The Kier molecular flexibility index (Phi) is 9.52. The lowest BCUT2D eigenvalue weighted by molar-refractivity contribution is 0.107. The number of rotatable bonds is 12. The molecule has 1 atom stereocenters. The van der Waals surface area contributed by atoms with Crippen molar-refractivity contribution < 1.29 is 14.1 Å². The monoisotopic (exact) mass is 405 g/mol. The summed E-state index contributed by atoms with van der Waals surface area (Å²) in [4.78, 5) is 12.4. The van der Waals surface area contributed by atoms with Gasteiger partial charge in [0.1, 0.15) is 11.3 Å². The van der Waals surface area contributed by atoms with Gasteiger partial charge in [-0.3, -0.25) is 0 Å². The molecule has 0 saturated heterocycles. The van der Waals surface area contributed by atoms with Crippen LogP contribution in [-0.4, -0.2) is 18.8 Å². The summed E-state index contributed by atoms with van der Waals surface area (Å²) in [5, 5.41) is 0.293. The van der Waals surface area contributed by atoms with Crippen molar-refractivity contribution in [1.82, 2.24) is 0 Å². The summed E-state index contributed by atoms with van der Waals surface area (Å²) in [5.74, 6) is 0.384. The van der Waals surface area contributed by atoms with Crippen LogP contribution in [0.5, 0.6) is 5.75 Å². The first-order valence-electron chi connectivity index (χ1n) is 9.49. The van der Waals surface area contributed by atoms with Crippen LogP contribution in [0.1, 0.15) is 54.4 Å². The number of ether oxygens (including phenoxy) is 1. The van der Waals surface area contributed by atoms with Crippen molar-refractivity contribution in [3.05, 3.63) is 64.7 Å². The molecule has 0 saturated carbocycles. The molecular formula is C22H27ClO3P+. The first-order chi connectivity index (χ1) is 13.1. The Morgan fingerprint density at radius 2 is 1.59 bits per heavy atom. The van der Waals surface area contributed by atoms with Gasteiger partial charge in [0.2, 0.25) is 0 Å². The Balaban J connectivity index is 1.63. The summed E-state index contributed by atoms with van der Waals surface area (Å²) in [5.41, 5.74) is 1.22. The third kappa shape index (κ3) is 7.08. The lowest BCUT2D eigenvalue weighted by atomic mass is 10.1. The van der Waals surface area contributed by atoms with Gasteiger partial charge < -0.3 is 4.74 Å². The fourth-order valence-electron chi connectivity index (χ4n) is 3.04. The van der Waals surface area contributed by atoms with Crippen LogP contribution in [0.3, 0.4) is 0 Å². The number of hydrogen-bond donors (Lipinski definition) is 0. The molecule has 144 valence electrons. The maximum atomic E-state index is 12.4. The minimum atomic E-state index is -1.97. The molecule has 0 aliphatic carbocycles. The zero-order valence-corrected chi connectivity index (χ0v) is 17.5. The summed E-state index contributed by atoms with van der Waals surface area (Å²) in [6.45, 7) is 0. The molecule has 3 nitrogen and oxygen atoms in total. The SMILES string of the molecule is COc1cccc(Cl)c1C(=O)[P+](=O)CCCCCCCCc1ccccc1. The Bertz CT molecular complexity index is 746. The number of hydrogen-bond acceptors (Lipinski definition) is 3.